The molecule has 0 bridgehead atoms. The van der Waals surface area contributed by atoms with Crippen molar-refractivity contribution in [1.82, 2.24) is 4.98 Å². The van der Waals surface area contributed by atoms with E-state index in [2.05, 4.69) is 34.7 Å². The summed E-state index contributed by atoms with van der Waals surface area (Å²) >= 11 is 1.69. The monoisotopic (exact) mass is 288 g/mol. The van der Waals surface area contributed by atoms with E-state index in [-0.39, 0.29) is 0 Å². The maximum atomic E-state index is 4.65. The molecule has 0 saturated carbocycles. The van der Waals surface area contributed by atoms with Crippen molar-refractivity contribution in [3.8, 4) is 0 Å². The van der Waals surface area contributed by atoms with Crippen molar-refractivity contribution in [2.45, 2.75) is 51.9 Å². The molecular weight excluding hydrogens is 264 g/mol. The van der Waals surface area contributed by atoms with Crippen LogP contribution in [0.1, 0.15) is 51.1 Å². The van der Waals surface area contributed by atoms with Crippen molar-refractivity contribution >= 4 is 22.2 Å². The van der Waals surface area contributed by atoms with Gasteiger partial charge in [-0.25, -0.2) is 4.98 Å². The molecule has 2 nitrogen and oxygen atoms in total. The normalized spacial score (nSPS) is 10.7. The van der Waals surface area contributed by atoms with Gasteiger partial charge in [-0.3, -0.25) is 0 Å². The molecule has 0 radical (unpaired) electrons. The molecule has 0 aliphatic rings. The van der Waals surface area contributed by atoms with Gasteiger partial charge in [0, 0.05) is 11.1 Å². The molecule has 0 saturated heterocycles. The molecule has 0 aliphatic heterocycles. The van der Waals surface area contributed by atoms with Gasteiger partial charge in [-0.2, -0.15) is 0 Å². The lowest BCUT2D eigenvalue weighted by molar-refractivity contribution is 0.605. The van der Waals surface area contributed by atoms with E-state index in [0.717, 1.165) is 17.2 Å². The van der Waals surface area contributed by atoms with Gasteiger partial charge in [-0.05, 0) is 25.0 Å². The Morgan fingerprint density at radius 3 is 2.55 bits per heavy atom. The number of anilines is 2. The first-order chi connectivity index (χ1) is 9.88. The number of nitrogens with zero attached hydrogens (tertiary/aromatic N) is 1. The summed E-state index contributed by atoms with van der Waals surface area (Å²) in [6.07, 6.45) is 9.15. The fraction of sp³-hybridized carbons (Fsp3) is 0.471. The lowest BCUT2D eigenvalue weighted by atomic mass is 10.1. The summed E-state index contributed by atoms with van der Waals surface area (Å²) in [5, 5.41) is 6.53. The van der Waals surface area contributed by atoms with E-state index in [1.165, 1.54) is 44.2 Å². The molecule has 108 valence electrons. The Labute approximate surface area is 126 Å². The summed E-state index contributed by atoms with van der Waals surface area (Å²) < 4.78 is 0. The number of hydrogen-bond donors (Lipinski definition) is 1. The van der Waals surface area contributed by atoms with E-state index in [1.807, 2.05) is 18.2 Å². The Morgan fingerprint density at radius 1 is 1.00 bits per heavy atom. The molecule has 1 aromatic heterocycles. The molecule has 0 atom stereocenters. The predicted molar refractivity (Wildman–Crippen MR) is 88.9 cm³/mol. The highest BCUT2D eigenvalue weighted by Crippen LogP contribution is 2.21. The van der Waals surface area contributed by atoms with Crippen LogP contribution in [0.15, 0.2) is 35.7 Å². The van der Waals surface area contributed by atoms with Gasteiger partial charge in [0.25, 0.3) is 0 Å². The van der Waals surface area contributed by atoms with Gasteiger partial charge in [0.1, 0.15) is 0 Å². The lowest BCUT2D eigenvalue weighted by Crippen LogP contribution is -1.91. The third-order valence-corrected chi connectivity index (χ3v) is 4.17. The van der Waals surface area contributed by atoms with Gasteiger partial charge in [0.15, 0.2) is 5.13 Å². The fourth-order valence-corrected chi connectivity index (χ4v) is 2.98. The molecule has 1 aromatic carbocycles. The van der Waals surface area contributed by atoms with Gasteiger partial charge in [-0.15, -0.1) is 11.3 Å². The average molecular weight is 288 g/mol. The summed E-state index contributed by atoms with van der Waals surface area (Å²) in [6.45, 7) is 2.26. The molecule has 2 aromatic rings. The Kier molecular flexibility index (Phi) is 6.58. The van der Waals surface area contributed by atoms with Gasteiger partial charge < -0.3 is 5.32 Å². The van der Waals surface area contributed by atoms with Gasteiger partial charge in [-0.1, -0.05) is 57.2 Å². The molecule has 1 N–H and O–H groups in total. The summed E-state index contributed by atoms with van der Waals surface area (Å²) in [4.78, 5) is 4.65. The quantitative estimate of drug-likeness (QED) is 0.591. The maximum Gasteiger partial charge on any atom is 0.187 e. The van der Waals surface area contributed by atoms with E-state index >= 15 is 0 Å². The van der Waals surface area contributed by atoms with Crippen LogP contribution in [0.2, 0.25) is 0 Å². The van der Waals surface area contributed by atoms with Crippen molar-refractivity contribution in [2.75, 3.05) is 5.32 Å². The van der Waals surface area contributed by atoms with Gasteiger partial charge >= 0.3 is 0 Å². The highest BCUT2D eigenvalue weighted by atomic mass is 32.1. The zero-order chi connectivity index (χ0) is 14.0. The Morgan fingerprint density at radius 2 is 1.75 bits per heavy atom. The van der Waals surface area contributed by atoms with Crippen LogP contribution in [0, 0.1) is 0 Å². The predicted octanol–water partition coefficient (Wildman–Crippen LogP) is 5.79. The third kappa shape index (κ3) is 5.33. The molecule has 0 amide bonds. The van der Waals surface area contributed by atoms with Crippen LogP contribution < -0.4 is 5.32 Å². The lowest BCUT2D eigenvalue weighted by Gasteiger charge is -2.01. The molecule has 20 heavy (non-hydrogen) atoms. The van der Waals surface area contributed by atoms with Crippen LogP contribution in [0.5, 0.6) is 0 Å². The zero-order valence-corrected chi connectivity index (χ0v) is 13.1. The number of unbranched alkanes of at least 4 members (excludes halogenated alkanes) is 5. The number of aromatic nitrogens is 1. The second-order valence-corrected chi connectivity index (χ2v) is 6.01. The SMILES string of the molecule is CCCCCCCCc1csc(Nc2ccccc2)n1. The molecule has 3 heteroatoms. The minimum Gasteiger partial charge on any atom is -0.332 e. The van der Waals surface area contributed by atoms with Gasteiger partial charge in [0.2, 0.25) is 0 Å². The Bertz CT molecular complexity index is 479. The van der Waals surface area contributed by atoms with Crippen LogP contribution in [0.4, 0.5) is 10.8 Å². The summed E-state index contributed by atoms with van der Waals surface area (Å²) in [7, 11) is 0. The van der Waals surface area contributed by atoms with Crippen LogP contribution in [0.3, 0.4) is 0 Å². The van der Waals surface area contributed by atoms with E-state index in [9.17, 15) is 0 Å². The third-order valence-electron chi connectivity index (χ3n) is 3.36. The number of thiazole rings is 1. The highest BCUT2D eigenvalue weighted by Gasteiger charge is 2.02. The van der Waals surface area contributed by atoms with E-state index in [0.29, 0.717) is 0 Å². The van der Waals surface area contributed by atoms with Crippen LogP contribution in [-0.4, -0.2) is 4.98 Å². The molecule has 1 heterocycles. The summed E-state index contributed by atoms with van der Waals surface area (Å²) in [5.41, 5.74) is 2.33. The number of hydrogen-bond acceptors (Lipinski definition) is 3. The second kappa shape index (κ2) is 8.75. The van der Waals surface area contributed by atoms with E-state index in [4.69, 9.17) is 0 Å². The molecule has 0 unspecified atom stereocenters. The van der Waals surface area contributed by atoms with Crippen molar-refractivity contribution in [2.24, 2.45) is 0 Å². The van der Waals surface area contributed by atoms with Crippen LogP contribution in [-0.2, 0) is 6.42 Å². The molecule has 0 fully saturated rings. The smallest absolute Gasteiger partial charge is 0.187 e. The fourth-order valence-electron chi connectivity index (χ4n) is 2.21. The topological polar surface area (TPSA) is 24.9 Å². The molecule has 0 spiro atoms. The standard InChI is InChI=1S/C17H24N2S/c1-2-3-4-5-6-8-13-16-14-20-17(19-16)18-15-11-9-7-10-12-15/h7,9-12,14H,2-6,8,13H2,1H3,(H,18,19). The maximum absolute atomic E-state index is 4.65. The van der Waals surface area contributed by atoms with E-state index < -0.39 is 0 Å². The van der Waals surface area contributed by atoms with E-state index in [1.54, 1.807) is 11.3 Å². The Hall–Kier alpha value is -1.35. The van der Waals surface area contributed by atoms with Crippen molar-refractivity contribution in [3.05, 3.63) is 41.4 Å². The van der Waals surface area contributed by atoms with Gasteiger partial charge in [0.05, 0.1) is 5.69 Å². The molecular formula is C17H24N2S. The van der Waals surface area contributed by atoms with Crippen molar-refractivity contribution < 1.29 is 0 Å². The minimum absolute atomic E-state index is 0.997. The first-order valence-electron chi connectivity index (χ1n) is 7.65. The number of rotatable bonds is 9. The second-order valence-electron chi connectivity index (χ2n) is 5.15. The van der Waals surface area contributed by atoms with Crippen LogP contribution in [0.25, 0.3) is 0 Å². The minimum atomic E-state index is 0.997. The first kappa shape index (κ1) is 15.0. The van der Waals surface area contributed by atoms with Crippen molar-refractivity contribution in [3.63, 3.8) is 0 Å². The zero-order valence-electron chi connectivity index (χ0n) is 12.3. The summed E-state index contributed by atoms with van der Waals surface area (Å²) in [6, 6.07) is 10.2. The number of para-hydroxylation sites is 1. The first-order valence-corrected chi connectivity index (χ1v) is 8.53. The number of aryl methyl sites for hydroxylation is 1. The number of nitrogens with one attached hydrogen (secondary N) is 1. The largest absolute Gasteiger partial charge is 0.332 e. The van der Waals surface area contributed by atoms with Crippen LogP contribution >= 0.6 is 11.3 Å². The Balaban J connectivity index is 1.70. The molecule has 0 aliphatic carbocycles. The highest BCUT2D eigenvalue weighted by molar-refractivity contribution is 7.13. The van der Waals surface area contributed by atoms with Crippen molar-refractivity contribution in [1.29, 1.82) is 0 Å². The number of benzene rings is 1. The molecule has 2 rings (SSSR count). The summed E-state index contributed by atoms with van der Waals surface area (Å²) in [5.74, 6) is 0. The average Bonchev–Trinajstić information content (AvgIpc) is 2.91.